The molecular formula is C24H32ClF3N2O2. The second-order valence-electron chi connectivity index (χ2n) is 8.96. The third kappa shape index (κ3) is 6.94. The van der Waals surface area contributed by atoms with Crippen molar-refractivity contribution in [3.05, 3.63) is 53.6 Å². The zero-order valence-corrected chi connectivity index (χ0v) is 19.8. The van der Waals surface area contributed by atoms with Gasteiger partial charge in [-0.05, 0) is 42.0 Å². The molecule has 1 N–H and O–H groups in total. The second kappa shape index (κ2) is 10.7. The van der Waals surface area contributed by atoms with Gasteiger partial charge in [-0.25, -0.2) is 0 Å². The van der Waals surface area contributed by atoms with E-state index in [9.17, 15) is 13.2 Å². The van der Waals surface area contributed by atoms with Crippen LogP contribution in [-0.2, 0) is 12.0 Å². The molecule has 0 aliphatic carbocycles. The lowest BCUT2D eigenvalue weighted by atomic mass is 9.86. The number of methoxy groups -OCH3 is 1. The van der Waals surface area contributed by atoms with Crippen molar-refractivity contribution in [2.24, 2.45) is 0 Å². The van der Waals surface area contributed by atoms with Gasteiger partial charge in [0.1, 0.15) is 5.75 Å². The second-order valence-corrected chi connectivity index (χ2v) is 8.96. The molecule has 1 aliphatic heterocycles. The first-order chi connectivity index (χ1) is 14.6. The van der Waals surface area contributed by atoms with Crippen LogP contribution in [0.2, 0.25) is 0 Å². The Bertz CT molecular complexity index is 884. The Morgan fingerprint density at radius 2 is 1.78 bits per heavy atom. The highest BCUT2D eigenvalue weighted by Crippen LogP contribution is 2.34. The van der Waals surface area contributed by atoms with E-state index in [0.29, 0.717) is 25.3 Å². The summed E-state index contributed by atoms with van der Waals surface area (Å²) in [5.74, 6) is 0.673. The first-order valence-corrected chi connectivity index (χ1v) is 10.6. The predicted molar refractivity (Wildman–Crippen MR) is 124 cm³/mol. The summed E-state index contributed by atoms with van der Waals surface area (Å²) < 4.78 is 48.2. The summed E-state index contributed by atoms with van der Waals surface area (Å²) in [6.07, 6.45) is -2.87. The van der Waals surface area contributed by atoms with Crippen LogP contribution in [0.3, 0.4) is 0 Å². The maximum Gasteiger partial charge on any atom is 0.573 e. The van der Waals surface area contributed by atoms with Gasteiger partial charge in [-0.15, -0.1) is 25.6 Å². The monoisotopic (exact) mass is 472 g/mol. The molecule has 0 saturated carbocycles. The average molecular weight is 473 g/mol. The summed E-state index contributed by atoms with van der Waals surface area (Å²) in [6.45, 7) is 8.45. The molecule has 4 nitrogen and oxygen atoms in total. The van der Waals surface area contributed by atoms with E-state index in [1.54, 1.807) is 25.3 Å². The largest absolute Gasteiger partial charge is 0.573 e. The van der Waals surface area contributed by atoms with E-state index in [-0.39, 0.29) is 29.6 Å². The highest BCUT2D eigenvalue weighted by Gasteiger charge is 2.33. The normalized spacial score (nSPS) is 17.0. The number of ether oxygens (including phenoxy) is 2. The number of benzene rings is 2. The molecule has 3 rings (SSSR count). The molecule has 0 spiro atoms. The van der Waals surface area contributed by atoms with Crippen LogP contribution in [0.4, 0.5) is 18.9 Å². The number of hydrogen-bond acceptors (Lipinski definition) is 4. The third-order valence-electron chi connectivity index (χ3n) is 5.58. The summed E-state index contributed by atoms with van der Waals surface area (Å²) >= 11 is 0. The summed E-state index contributed by atoms with van der Waals surface area (Å²) in [5.41, 5.74) is 2.81. The molecule has 1 heterocycles. The molecule has 0 amide bonds. The molecule has 8 heteroatoms. The zero-order valence-electron chi connectivity index (χ0n) is 19.0. The topological polar surface area (TPSA) is 33.7 Å². The minimum atomic E-state index is -4.71. The van der Waals surface area contributed by atoms with Gasteiger partial charge >= 0.3 is 6.36 Å². The first kappa shape index (κ1) is 26.1. The van der Waals surface area contributed by atoms with Crippen molar-refractivity contribution in [3.63, 3.8) is 0 Å². The number of nitrogens with zero attached hydrogens (tertiary/aromatic N) is 1. The number of hydrogen-bond donors (Lipinski definition) is 1. The molecule has 1 fully saturated rings. The van der Waals surface area contributed by atoms with Gasteiger partial charge in [0, 0.05) is 31.2 Å². The fraction of sp³-hybridized carbons (Fsp3) is 0.500. The molecule has 1 atom stereocenters. The van der Waals surface area contributed by atoms with Crippen LogP contribution in [0.25, 0.3) is 0 Å². The standard InChI is InChI=1S/C24H31F3N2O2.ClH/c1-23(2,3)18-11-12-21(30-4)17(14-18)15-28-19-8-7-13-29(16-19)20-9-5-6-10-22(20)31-24(25,26)27;/h5-6,9-12,14,19,28H,7-8,13,15-16H2,1-4H3;1H. The van der Waals surface area contributed by atoms with Crippen molar-refractivity contribution in [3.8, 4) is 11.5 Å². The van der Waals surface area contributed by atoms with Crippen LogP contribution in [0.15, 0.2) is 42.5 Å². The lowest BCUT2D eigenvalue weighted by Crippen LogP contribution is -2.45. The van der Waals surface area contributed by atoms with Gasteiger partial charge in [0.2, 0.25) is 0 Å². The van der Waals surface area contributed by atoms with Crippen LogP contribution >= 0.6 is 12.4 Å². The number of anilines is 1. The fourth-order valence-electron chi connectivity index (χ4n) is 3.93. The maximum atomic E-state index is 12.8. The molecule has 32 heavy (non-hydrogen) atoms. The molecule has 1 aliphatic rings. The summed E-state index contributed by atoms with van der Waals surface area (Å²) in [5, 5.41) is 3.57. The van der Waals surface area contributed by atoms with Gasteiger partial charge in [0.15, 0.2) is 5.75 Å². The van der Waals surface area contributed by atoms with Crippen molar-refractivity contribution >= 4 is 18.1 Å². The average Bonchev–Trinajstić information content (AvgIpc) is 2.71. The van der Waals surface area contributed by atoms with Gasteiger partial charge in [-0.1, -0.05) is 45.0 Å². The molecule has 0 radical (unpaired) electrons. The lowest BCUT2D eigenvalue weighted by molar-refractivity contribution is -0.274. The van der Waals surface area contributed by atoms with Crippen LogP contribution < -0.4 is 19.7 Å². The number of alkyl halides is 3. The highest BCUT2D eigenvalue weighted by molar-refractivity contribution is 5.85. The van der Waals surface area contributed by atoms with Gasteiger partial charge in [0.05, 0.1) is 12.8 Å². The van der Waals surface area contributed by atoms with Crippen molar-refractivity contribution in [2.75, 3.05) is 25.1 Å². The Balaban J connectivity index is 0.00000363. The van der Waals surface area contributed by atoms with Crippen LogP contribution in [-0.4, -0.2) is 32.6 Å². The van der Waals surface area contributed by atoms with Gasteiger partial charge in [-0.2, -0.15) is 0 Å². The van der Waals surface area contributed by atoms with Crippen molar-refractivity contribution in [1.82, 2.24) is 5.32 Å². The summed E-state index contributed by atoms with van der Waals surface area (Å²) in [6, 6.07) is 12.7. The van der Waals surface area contributed by atoms with E-state index in [4.69, 9.17) is 4.74 Å². The van der Waals surface area contributed by atoms with E-state index in [2.05, 4.69) is 43.0 Å². The fourth-order valence-corrected chi connectivity index (χ4v) is 3.93. The van der Waals surface area contributed by atoms with E-state index in [1.807, 2.05) is 11.0 Å². The number of para-hydroxylation sites is 2. The van der Waals surface area contributed by atoms with Crippen LogP contribution in [0, 0.1) is 0 Å². The molecular weight excluding hydrogens is 441 g/mol. The number of halogens is 4. The molecule has 1 saturated heterocycles. The molecule has 0 bridgehead atoms. The van der Waals surface area contributed by atoms with E-state index in [0.717, 1.165) is 24.2 Å². The van der Waals surface area contributed by atoms with Crippen molar-refractivity contribution in [1.29, 1.82) is 0 Å². The van der Waals surface area contributed by atoms with E-state index >= 15 is 0 Å². The number of rotatable bonds is 6. The Hall–Kier alpha value is -2.12. The maximum absolute atomic E-state index is 12.8. The zero-order chi connectivity index (χ0) is 22.6. The quantitative estimate of drug-likeness (QED) is 0.553. The smallest absolute Gasteiger partial charge is 0.496 e. The Kier molecular flexibility index (Phi) is 8.71. The molecule has 2 aromatic rings. The third-order valence-corrected chi connectivity index (χ3v) is 5.58. The molecule has 2 aromatic carbocycles. The van der Waals surface area contributed by atoms with Crippen molar-refractivity contribution < 1.29 is 22.6 Å². The van der Waals surface area contributed by atoms with Crippen LogP contribution in [0.5, 0.6) is 11.5 Å². The molecule has 0 aromatic heterocycles. The van der Waals surface area contributed by atoms with Crippen LogP contribution in [0.1, 0.15) is 44.7 Å². The van der Waals surface area contributed by atoms with Gasteiger partial charge in [0.25, 0.3) is 0 Å². The Morgan fingerprint density at radius 1 is 1.06 bits per heavy atom. The molecule has 1 unspecified atom stereocenters. The lowest BCUT2D eigenvalue weighted by Gasteiger charge is -2.36. The minimum absolute atomic E-state index is 0. The molecule has 178 valence electrons. The number of piperidine rings is 1. The summed E-state index contributed by atoms with van der Waals surface area (Å²) in [4.78, 5) is 1.96. The van der Waals surface area contributed by atoms with E-state index < -0.39 is 6.36 Å². The Labute approximate surface area is 194 Å². The Morgan fingerprint density at radius 3 is 2.44 bits per heavy atom. The van der Waals surface area contributed by atoms with Gasteiger partial charge in [-0.3, -0.25) is 0 Å². The predicted octanol–water partition coefficient (Wildman–Crippen LogP) is 6.07. The first-order valence-electron chi connectivity index (χ1n) is 10.6. The minimum Gasteiger partial charge on any atom is -0.496 e. The van der Waals surface area contributed by atoms with Crippen molar-refractivity contribution in [2.45, 2.75) is 58.0 Å². The SMILES string of the molecule is COc1ccc(C(C)(C)C)cc1CNC1CCCN(c2ccccc2OC(F)(F)F)C1.Cl. The van der Waals surface area contributed by atoms with E-state index in [1.165, 1.54) is 11.6 Å². The highest BCUT2D eigenvalue weighted by atomic mass is 35.5. The summed E-state index contributed by atoms with van der Waals surface area (Å²) in [7, 11) is 1.66. The van der Waals surface area contributed by atoms with Gasteiger partial charge < -0.3 is 19.7 Å². The number of nitrogens with one attached hydrogen (secondary N) is 1.